The van der Waals surface area contributed by atoms with E-state index in [4.69, 9.17) is 5.11 Å². The third kappa shape index (κ3) is 3.80. The number of hydrogen-bond acceptors (Lipinski definition) is 3. The second kappa shape index (κ2) is 6.08. The molecular formula is C11H22N2O2. The predicted molar refractivity (Wildman–Crippen MR) is 59.6 cm³/mol. The fourth-order valence-corrected chi connectivity index (χ4v) is 1.96. The average Bonchev–Trinajstić information content (AvgIpc) is 2.65. The van der Waals surface area contributed by atoms with Gasteiger partial charge in [0.2, 0.25) is 5.91 Å². The summed E-state index contributed by atoms with van der Waals surface area (Å²) in [7, 11) is 1.84. The Bertz CT molecular complexity index is 209. The van der Waals surface area contributed by atoms with Crippen LogP contribution in [0.2, 0.25) is 0 Å². The number of amides is 1. The lowest BCUT2D eigenvalue weighted by Gasteiger charge is -2.20. The number of likely N-dealkylation sites (tertiary alicyclic amines) is 1. The second-order valence-corrected chi connectivity index (χ2v) is 4.31. The lowest BCUT2D eigenvalue weighted by atomic mass is 10.1. The van der Waals surface area contributed by atoms with Gasteiger partial charge in [0.15, 0.2) is 0 Å². The van der Waals surface area contributed by atoms with Gasteiger partial charge in [0.25, 0.3) is 0 Å². The van der Waals surface area contributed by atoms with Gasteiger partial charge in [0.05, 0.1) is 6.54 Å². The monoisotopic (exact) mass is 214 g/mol. The first-order valence-electron chi connectivity index (χ1n) is 5.74. The van der Waals surface area contributed by atoms with Gasteiger partial charge in [-0.1, -0.05) is 0 Å². The number of rotatable bonds is 5. The molecule has 1 saturated heterocycles. The van der Waals surface area contributed by atoms with Gasteiger partial charge in [-0.25, -0.2) is 0 Å². The fourth-order valence-electron chi connectivity index (χ4n) is 1.96. The summed E-state index contributed by atoms with van der Waals surface area (Å²) >= 11 is 0. The molecule has 4 nitrogen and oxygen atoms in total. The van der Waals surface area contributed by atoms with Crippen LogP contribution in [-0.4, -0.2) is 60.6 Å². The largest absolute Gasteiger partial charge is 0.396 e. The zero-order chi connectivity index (χ0) is 11.3. The van der Waals surface area contributed by atoms with Crippen molar-refractivity contribution >= 4 is 5.91 Å². The average molecular weight is 214 g/mol. The summed E-state index contributed by atoms with van der Waals surface area (Å²) in [4.78, 5) is 15.6. The molecule has 0 aromatic carbocycles. The van der Waals surface area contributed by atoms with Crippen molar-refractivity contribution in [2.24, 2.45) is 5.92 Å². The number of nitrogens with zero attached hydrogens (tertiary/aromatic N) is 2. The van der Waals surface area contributed by atoms with Gasteiger partial charge in [-0.15, -0.1) is 0 Å². The first-order chi connectivity index (χ1) is 7.17. The maximum Gasteiger partial charge on any atom is 0.236 e. The first kappa shape index (κ1) is 12.5. The van der Waals surface area contributed by atoms with E-state index in [1.54, 1.807) is 4.90 Å². The minimum Gasteiger partial charge on any atom is -0.396 e. The molecule has 1 rings (SSSR count). The highest BCUT2D eigenvalue weighted by Crippen LogP contribution is 2.18. The third-order valence-electron chi connectivity index (χ3n) is 3.17. The molecule has 1 aliphatic rings. The first-order valence-corrected chi connectivity index (χ1v) is 5.74. The van der Waals surface area contributed by atoms with Crippen molar-refractivity contribution in [2.75, 3.05) is 39.8 Å². The Morgan fingerprint density at radius 1 is 1.60 bits per heavy atom. The van der Waals surface area contributed by atoms with Crippen LogP contribution in [0.4, 0.5) is 0 Å². The van der Waals surface area contributed by atoms with E-state index >= 15 is 0 Å². The standard InChI is InChI=1S/C11H22N2O2/c1-3-12(2)11(15)9-13-6-4-10(8-13)5-7-14/h10,14H,3-9H2,1-2H3. The Hall–Kier alpha value is -0.610. The fraction of sp³-hybridized carbons (Fsp3) is 0.909. The van der Waals surface area contributed by atoms with Crippen molar-refractivity contribution in [3.8, 4) is 0 Å². The smallest absolute Gasteiger partial charge is 0.236 e. The van der Waals surface area contributed by atoms with Gasteiger partial charge in [0.1, 0.15) is 0 Å². The molecule has 1 atom stereocenters. The van der Waals surface area contributed by atoms with Crippen molar-refractivity contribution in [1.29, 1.82) is 0 Å². The zero-order valence-electron chi connectivity index (χ0n) is 9.78. The quantitative estimate of drug-likeness (QED) is 0.709. The van der Waals surface area contributed by atoms with E-state index < -0.39 is 0 Å². The Morgan fingerprint density at radius 2 is 2.33 bits per heavy atom. The second-order valence-electron chi connectivity index (χ2n) is 4.31. The summed E-state index contributed by atoms with van der Waals surface area (Å²) in [6.45, 7) is 5.51. The minimum atomic E-state index is 0.196. The van der Waals surface area contributed by atoms with Crippen molar-refractivity contribution in [3.05, 3.63) is 0 Å². The number of carbonyl (C=O) groups excluding carboxylic acids is 1. The van der Waals surface area contributed by atoms with Crippen LogP contribution >= 0.6 is 0 Å². The molecule has 0 bridgehead atoms. The van der Waals surface area contributed by atoms with Crippen molar-refractivity contribution < 1.29 is 9.90 Å². The Morgan fingerprint density at radius 3 is 2.93 bits per heavy atom. The van der Waals surface area contributed by atoms with Crippen LogP contribution in [0.25, 0.3) is 0 Å². The van der Waals surface area contributed by atoms with Gasteiger partial charge < -0.3 is 10.0 Å². The van der Waals surface area contributed by atoms with Crippen molar-refractivity contribution in [3.63, 3.8) is 0 Å². The number of aliphatic hydroxyl groups excluding tert-OH is 1. The van der Waals surface area contributed by atoms with Gasteiger partial charge >= 0.3 is 0 Å². The summed E-state index contributed by atoms with van der Waals surface area (Å²) in [6.07, 6.45) is 1.98. The molecule has 4 heteroatoms. The summed E-state index contributed by atoms with van der Waals surface area (Å²) in [5, 5.41) is 8.83. The van der Waals surface area contributed by atoms with Gasteiger partial charge in [-0.2, -0.15) is 0 Å². The van der Waals surface area contributed by atoms with Crippen LogP contribution < -0.4 is 0 Å². The highest BCUT2D eigenvalue weighted by molar-refractivity contribution is 5.77. The Kier molecular flexibility index (Phi) is 5.05. The molecule has 1 amide bonds. The molecule has 0 spiro atoms. The molecule has 0 radical (unpaired) electrons. The summed E-state index contributed by atoms with van der Waals surface area (Å²) in [5.74, 6) is 0.775. The van der Waals surface area contributed by atoms with Gasteiger partial charge in [-0.05, 0) is 32.2 Å². The summed E-state index contributed by atoms with van der Waals surface area (Å²) in [6, 6.07) is 0. The lowest BCUT2D eigenvalue weighted by Crippen LogP contribution is -2.37. The third-order valence-corrected chi connectivity index (χ3v) is 3.17. The zero-order valence-corrected chi connectivity index (χ0v) is 9.78. The highest BCUT2D eigenvalue weighted by atomic mass is 16.3. The van der Waals surface area contributed by atoms with Crippen molar-refractivity contribution in [1.82, 2.24) is 9.80 Å². The van der Waals surface area contributed by atoms with Crippen LogP contribution in [0, 0.1) is 5.92 Å². The lowest BCUT2D eigenvalue weighted by molar-refractivity contribution is -0.130. The summed E-state index contributed by atoms with van der Waals surface area (Å²) < 4.78 is 0. The molecule has 88 valence electrons. The normalized spacial score (nSPS) is 21.9. The molecule has 0 saturated carbocycles. The minimum absolute atomic E-state index is 0.196. The Labute approximate surface area is 91.9 Å². The molecule has 1 N–H and O–H groups in total. The van der Waals surface area contributed by atoms with Crippen LogP contribution in [0.3, 0.4) is 0 Å². The molecule has 0 aliphatic carbocycles. The molecule has 15 heavy (non-hydrogen) atoms. The number of likely N-dealkylation sites (N-methyl/N-ethyl adjacent to an activating group) is 1. The molecule has 1 fully saturated rings. The Balaban J connectivity index is 2.26. The van der Waals surface area contributed by atoms with Gasteiger partial charge in [-0.3, -0.25) is 9.69 Å². The van der Waals surface area contributed by atoms with E-state index in [2.05, 4.69) is 4.90 Å². The van der Waals surface area contributed by atoms with E-state index in [-0.39, 0.29) is 12.5 Å². The van der Waals surface area contributed by atoms with Crippen LogP contribution in [0.1, 0.15) is 19.8 Å². The van der Waals surface area contributed by atoms with Gasteiger partial charge in [0, 0.05) is 26.7 Å². The van der Waals surface area contributed by atoms with Crippen LogP contribution in [0.15, 0.2) is 0 Å². The van der Waals surface area contributed by atoms with E-state index in [0.29, 0.717) is 12.5 Å². The number of aliphatic hydroxyl groups is 1. The van der Waals surface area contributed by atoms with E-state index in [0.717, 1.165) is 32.5 Å². The maximum absolute atomic E-state index is 11.6. The van der Waals surface area contributed by atoms with Crippen molar-refractivity contribution in [2.45, 2.75) is 19.8 Å². The highest BCUT2D eigenvalue weighted by Gasteiger charge is 2.24. The van der Waals surface area contributed by atoms with E-state index in [1.165, 1.54) is 0 Å². The number of hydrogen-bond donors (Lipinski definition) is 1. The SMILES string of the molecule is CCN(C)C(=O)CN1CCC(CCO)C1. The maximum atomic E-state index is 11.6. The summed E-state index contributed by atoms with van der Waals surface area (Å²) in [5.41, 5.74) is 0. The molecule has 0 aromatic heterocycles. The topological polar surface area (TPSA) is 43.8 Å². The number of carbonyl (C=O) groups is 1. The van der Waals surface area contributed by atoms with E-state index in [1.807, 2.05) is 14.0 Å². The predicted octanol–water partition coefficient (Wildman–Crippen LogP) is 0.169. The van der Waals surface area contributed by atoms with Crippen LogP contribution in [-0.2, 0) is 4.79 Å². The molecular weight excluding hydrogens is 192 g/mol. The van der Waals surface area contributed by atoms with Crippen LogP contribution in [0.5, 0.6) is 0 Å². The molecule has 1 aliphatic heterocycles. The van der Waals surface area contributed by atoms with E-state index in [9.17, 15) is 4.79 Å². The molecule has 1 unspecified atom stereocenters. The molecule has 1 heterocycles. The molecule has 0 aromatic rings.